The van der Waals surface area contributed by atoms with Crippen LogP contribution in [0.3, 0.4) is 0 Å². The van der Waals surface area contributed by atoms with Gasteiger partial charge in [0.15, 0.2) is 0 Å². The summed E-state index contributed by atoms with van der Waals surface area (Å²) in [6.07, 6.45) is 0.790. The van der Waals surface area contributed by atoms with Gasteiger partial charge in [0, 0.05) is 15.0 Å². The number of hydrogen-bond donors (Lipinski definition) is 1. The molecule has 92 valence electrons. The number of aryl methyl sites for hydroxylation is 1. The van der Waals surface area contributed by atoms with Gasteiger partial charge < -0.3 is 5.32 Å². The standard InChI is InChI=1S/C14H12BrNOS/c1-8-4-5-18-13(8)7-11-10-6-9(15)2-3-12(10)16-14(11)17/h2-6,11H,7H2,1H3,(H,16,17)/t11-/m1/s1. The second kappa shape index (κ2) is 4.52. The van der Waals surface area contributed by atoms with Crippen molar-refractivity contribution < 1.29 is 4.79 Å². The molecule has 4 heteroatoms. The molecule has 0 saturated carbocycles. The smallest absolute Gasteiger partial charge is 0.232 e. The van der Waals surface area contributed by atoms with E-state index in [1.165, 1.54) is 10.4 Å². The number of carbonyl (C=O) groups excluding carboxylic acids is 1. The third-order valence-electron chi connectivity index (χ3n) is 3.32. The van der Waals surface area contributed by atoms with Crippen molar-refractivity contribution in [2.45, 2.75) is 19.3 Å². The van der Waals surface area contributed by atoms with E-state index < -0.39 is 0 Å². The SMILES string of the molecule is Cc1ccsc1C[C@H]1C(=O)Nc2ccc(Br)cc21. The minimum Gasteiger partial charge on any atom is -0.325 e. The molecule has 0 radical (unpaired) electrons. The van der Waals surface area contributed by atoms with E-state index in [2.05, 4.69) is 39.6 Å². The van der Waals surface area contributed by atoms with Crippen molar-refractivity contribution in [3.63, 3.8) is 0 Å². The monoisotopic (exact) mass is 321 g/mol. The van der Waals surface area contributed by atoms with Gasteiger partial charge in [-0.1, -0.05) is 15.9 Å². The van der Waals surface area contributed by atoms with Gasteiger partial charge >= 0.3 is 0 Å². The lowest BCUT2D eigenvalue weighted by atomic mass is 9.95. The Kier molecular flexibility index (Phi) is 2.99. The van der Waals surface area contributed by atoms with Gasteiger partial charge in [0.1, 0.15) is 0 Å². The van der Waals surface area contributed by atoms with Crippen molar-refractivity contribution in [1.29, 1.82) is 0 Å². The first-order valence-electron chi connectivity index (χ1n) is 5.78. The molecular formula is C14H12BrNOS. The number of benzene rings is 1. The van der Waals surface area contributed by atoms with Crippen LogP contribution in [0.1, 0.15) is 21.9 Å². The molecule has 1 amide bonds. The van der Waals surface area contributed by atoms with Gasteiger partial charge in [-0.15, -0.1) is 11.3 Å². The molecule has 1 N–H and O–H groups in total. The third-order valence-corrected chi connectivity index (χ3v) is 4.86. The van der Waals surface area contributed by atoms with Crippen LogP contribution in [0, 0.1) is 6.92 Å². The first kappa shape index (κ1) is 11.9. The lowest BCUT2D eigenvalue weighted by Gasteiger charge is -2.08. The minimum atomic E-state index is -0.0603. The molecule has 1 aliphatic heterocycles. The second-order valence-corrected chi connectivity index (χ2v) is 6.42. The zero-order valence-corrected chi connectivity index (χ0v) is 12.3. The van der Waals surface area contributed by atoms with Crippen LogP contribution in [0.5, 0.6) is 0 Å². The van der Waals surface area contributed by atoms with Crippen molar-refractivity contribution in [2.24, 2.45) is 0 Å². The van der Waals surface area contributed by atoms with Crippen LogP contribution in [0.25, 0.3) is 0 Å². The number of hydrogen-bond acceptors (Lipinski definition) is 2. The summed E-state index contributed by atoms with van der Waals surface area (Å²) >= 11 is 5.19. The zero-order chi connectivity index (χ0) is 12.7. The second-order valence-electron chi connectivity index (χ2n) is 4.50. The summed E-state index contributed by atoms with van der Waals surface area (Å²) in [5.41, 5.74) is 3.32. The first-order valence-corrected chi connectivity index (χ1v) is 7.45. The highest BCUT2D eigenvalue weighted by Gasteiger charge is 2.31. The van der Waals surface area contributed by atoms with E-state index in [4.69, 9.17) is 0 Å². The van der Waals surface area contributed by atoms with Gasteiger partial charge in [-0.25, -0.2) is 0 Å². The average molecular weight is 322 g/mol. The summed E-state index contributed by atoms with van der Waals surface area (Å²) in [7, 11) is 0. The fourth-order valence-corrected chi connectivity index (χ4v) is 3.63. The maximum atomic E-state index is 12.1. The molecule has 1 aromatic carbocycles. The molecule has 1 aromatic heterocycles. The van der Waals surface area contributed by atoms with Crippen molar-refractivity contribution in [2.75, 3.05) is 5.32 Å². The van der Waals surface area contributed by atoms with Gasteiger partial charge in [0.2, 0.25) is 5.91 Å². The minimum absolute atomic E-state index is 0.0603. The lowest BCUT2D eigenvalue weighted by molar-refractivity contribution is -0.117. The number of halogens is 1. The van der Waals surface area contributed by atoms with Gasteiger partial charge in [-0.05, 0) is 54.1 Å². The van der Waals surface area contributed by atoms with Crippen LogP contribution in [0.4, 0.5) is 5.69 Å². The average Bonchev–Trinajstić information content (AvgIpc) is 2.86. The van der Waals surface area contributed by atoms with Gasteiger partial charge in [0.05, 0.1) is 5.92 Å². The molecule has 0 saturated heterocycles. The Hall–Kier alpha value is -1.13. The molecule has 0 spiro atoms. The molecule has 0 fully saturated rings. The van der Waals surface area contributed by atoms with Gasteiger partial charge in [-0.2, -0.15) is 0 Å². The maximum Gasteiger partial charge on any atom is 0.232 e. The van der Waals surface area contributed by atoms with E-state index >= 15 is 0 Å². The summed E-state index contributed by atoms with van der Waals surface area (Å²) < 4.78 is 1.02. The molecule has 2 aromatic rings. The highest BCUT2D eigenvalue weighted by molar-refractivity contribution is 9.10. The Bertz CT molecular complexity index is 620. The summed E-state index contributed by atoms with van der Waals surface area (Å²) in [5.74, 6) is 0.0470. The zero-order valence-electron chi connectivity index (χ0n) is 9.87. The fraction of sp³-hybridized carbons (Fsp3) is 0.214. The Morgan fingerprint density at radius 1 is 1.39 bits per heavy atom. The van der Waals surface area contributed by atoms with Crippen molar-refractivity contribution in [3.8, 4) is 0 Å². The summed E-state index contributed by atoms with van der Waals surface area (Å²) in [5, 5.41) is 5.03. The Morgan fingerprint density at radius 3 is 2.94 bits per heavy atom. The van der Waals surface area contributed by atoms with E-state index in [0.717, 1.165) is 22.1 Å². The summed E-state index contributed by atoms with van der Waals surface area (Å²) in [6, 6.07) is 8.06. The predicted molar refractivity (Wildman–Crippen MR) is 78.3 cm³/mol. The summed E-state index contributed by atoms with van der Waals surface area (Å²) in [4.78, 5) is 13.4. The van der Waals surface area contributed by atoms with Crippen LogP contribution in [0.2, 0.25) is 0 Å². The molecule has 1 aliphatic rings. The number of carbonyl (C=O) groups is 1. The van der Waals surface area contributed by atoms with E-state index in [9.17, 15) is 4.79 Å². The third kappa shape index (κ3) is 1.99. The van der Waals surface area contributed by atoms with Crippen LogP contribution >= 0.6 is 27.3 Å². The number of nitrogens with one attached hydrogen (secondary N) is 1. The van der Waals surface area contributed by atoms with Gasteiger partial charge in [0.25, 0.3) is 0 Å². The van der Waals surface area contributed by atoms with Crippen LogP contribution in [0.15, 0.2) is 34.1 Å². The quantitative estimate of drug-likeness (QED) is 0.886. The summed E-state index contributed by atoms with van der Waals surface area (Å²) in [6.45, 7) is 2.10. The van der Waals surface area contributed by atoms with Crippen molar-refractivity contribution in [3.05, 3.63) is 50.1 Å². The Labute approximate surface area is 118 Å². The fourth-order valence-electron chi connectivity index (χ4n) is 2.30. The molecule has 1 atom stereocenters. The molecule has 0 bridgehead atoms. The molecular weight excluding hydrogens is 310 g/mol. The van der Waals surface area contributed by atoms with E-state index in [0.29, 0.717) is 0 Å². The topological polar surface area (TPSA) is 29.1 Å². The number of fused-ring (bicyclic) bond motifs is 1. The van der Waals surface area contributed by atoms with Gasteiger partial charge in [-0.3, -0.25) is 4.79 Å². The first-order chi connectivity index (χ1) is 8.65. The molecule has 2 nitrogen and oxygen atoms in total. The normalized spacial score (nSPS) is 17.7. The number of rotatable bonds is 2. The van der Waals surface area contributed by atoms with Crippen molar-refractivity contribution >= 4 is 38.9 Å². The molecule has 18 heavy (non-hydrogen) atoms. The Morgan fingerprint density at radius 2 is 2.22 bits per heavy atom. The molecule has 3 rings (SSSR count). The van der Waals surface area contributed by atoms with Crippen LogP contribution in [-0.2, 0) is 11.2 Å². The molecule has 2 heterocycles. The van der Waals surface area contributed by atoms with E-state index in [1.807, 2.05) is 18.2 Å². The Balaban J connectivity index is 1.96. The highest BCUT2D eigenvalue weighted by atomic mass is 79.9. The molecule has 0 unspecified atom stereocenters. The highest BCUT2D eigenvalue weighted by Crippen LogP contribution is 2.37. The lowest BCUT2D eigenvalue weighted by Crippen LogP contribution is -2.14. The number of thiophene rings is 1. The van der Waals surface area contributed by atoms with Crippen LogP contribution in [-0.4, -0.2) is 5.91 Å². The van der Waals surface area contributed by atoms with E-state index in [1.54, 1.807) is 11.3 Å². The largest absolute Gasteiger partial charge is 0.325 e. The number of amides is 1. The molecule has 0 aliphatic carbocycles. The van der Waals surface area contributed by atoms with Crippen LogP contribution < -0.4 is 5.32 Å². The maximum absolute atomic E-state index is 12.1. The number of anilines is 1. The predicted octanol–water partition coefficient (Wildman–Crippen LogP) is 4.10. The van der Waals surface area contributed by atoms with Crippen molar-refractivity contribution in [1.82, 2.24) is 0 Å². The van der Waals surface area contributed by atoms with E-state index in [-0.39, 0.29) is 11.8 Å².